The highest BCUT2D eigenvalue weighted by atomic mass is 19.1. The van der Waals surface area contributed by atoms with E-state index in [0.29, 0.717) is 18.8 Å². The average Bonchev–Trinajstić information content (AvgIpc) is 2.69. The van der Waals surface area contributed by atoms with Crippen molar-refractivity contribution in [3.63, 3.8) is 0 Å². The summed E-state index contributed by atoms with van der Waals surface area (Å²) >= 11 is 0. The van der Waals surface area contributed by atoms with Gasteiger partial charge in [0, 0.05) is 31.0 Å². The van der Waals surface area contributed by atoms with Crippen molar-refractivity contribution >= 4 is 23.3 Å². The van der Waals surface area contributed by atoms with Gasteiger partial charge in [-0.2, -0.15) is 0 Å². The number of benzene rings is 2. The second-order valence-corrected chi connectivity index (χ2v) is 6.67. The van der Waals surface area contributed by atoms with Crippen molar-refractivity contribution in [1.82, 2.24) is 5.32 Å². The Morgan fingerprint density at radius 1 is 1.11 bits per heavy atom. The molecule has 1 aliphatic rings. The van der Waals surface area contributed by atoms with Gasteiger partial charge < -0.3 is 21.3 Å². The Hall–Kier alpha value is -3.09. The molecule has 1 unspecified atom stereocenters. The number of nitrogens with one attached hydrogen (secondary N) is 2. The van der Waals surface area contributed by atoms with Crippen LogP contribution in [0.2, 0.25) is 0 Å². The number of nitrogens with zero attached hydrogens (tertiary/aromatic N) is 1. The molecule has 0 spiro atoms. The Bertz CT molecular complexity index is 793. The fourth-order valence-corrected chi connectivity index (χ4v) is 3.16. The predicted molar refractivity (Wildman–Crippen MR) is 103 cm³/mol. The van der Waals surface area contributed by atoms with E-state index >= 15 is 0 Å². The van der Waals surface area contributed by atoms with Gasteiger partial charge in [-0.05, 0) is 54.8 Å². The fourth-order valence-electron chi connectivity index (χ4n) is 3.16. The zero-order valence-electron chi connectivity index (χ0n) is 15.0. The van der Waals surface area contributed by atoms with Crippen molar-refractivity contribution in [2.24, 2.45) is 11.7 Å². The van der Waals surface area contributed by atoms with Gasteiger partial charge in [-0.25, -0.2) is 9.18 Å². The number of piperidine rings is 1. The second kappa shape index (κ2) is 8.53. The molecule has 0 aromatic heterocycles. The van der Waals surface area contributed by atoms with Crippen LogP contribution in [-0.2, 0) is 11.3 Å². The Morgan fingerprint density at radius 3 is 2.48 bits per heavy atom. The van der Waals surface area contributed by atoms with Crippen LogP contribution in [0, 0.1) is 11.7 Å². The Kier molecular flexibility index (Phi) is 5.90. The monoisotopic (exact) mass is 370 g/mol. The maximum Gasteiger partial charge on any atom is 0.319 e. The van der Waals surface area contributed by atoms with E-state index < -0.39 is 0 Å². The minimum Gasteiger partial charge on any atom is -0.371 e. The first-order valence-electron chi connectivity index (χ1n) is 8.95. The summed E-state index contributed by atoms with van der Waals surface area (Å²) in [4.78, 5) is 25.5. The van der Waals surface area contributed by atoms with E-state index in [1.54, 1.807) is 0 Å². The molecule has 1 atom stereocenters. The van der Waals surface area contributed by atoms with Crippen LogP contribution in [0.3, 0.4) is 0 Å². The Morgan fingerprint density at radius 2 is 1.81 bits per heavy atom. The molecule has 6 nitrogen and oxygen atoms in total. The third kappa shape index (κ3) is 5.20. The third-order valence-electron chi connectivity index (χ3n) is 4.68. The molecule has 1 fully saturated rings. The highest BCUT2D eigenvalue weighted by molar-refractivity contribution is 5.89. The lowest BCUT2D eigenvalue weighted by atomic mass is 9.97. The van der Waals surface area contributed by atoms with E-state index in [-0.39, 0.29) is 23.7 Å². The van der Waals surface area contributed by atoms with Crippen LogP contribution < -0.4 is 21.3 Å². The lowest BCUT2D eigenvalue weighted by Crippen LogP contribution is -2.41. The lowest BCUT2D eigenvalue weighted by Gasteiger charge is -2.33. The van der Waals surface area contributed by atoms with Gasteiger partial charge in [-0.3, -0.25) is 4.79 Å². The number of halogens is 1. The van der Waals surface area contributed by atoms with Gasteiger partial charge in [-0.15, -0.1) is 0 Å². The first kappa shape index (κ1) is 18.7. The number of primary amides is 1. The zero-order chi connectivity index (χ0) is 19.2. The maximum atomic E-state index is 12.9. The summed E-state index contributed by atoms with van der Waals surface area (Å²) in [5, 5.41) is 5.41. The molecule has 1 saturated heterocycles. The molecule has 3 rings (SSSR count). The molecule has 4 N–H and O–H groups in total. The summed E-state index contributed by atoms with van der Waals surface area (Å²) in [5.74, 6) is -0.695. The van der Waals surface area contributed by atoms with Crippen molar-refractivity contribution in [3.8, 4) is 0 Å². The van der Waals surface area contributed by atoms with Crippen molar-refractivity contribution in [3.05, 3.63) is 59.9 Å². The van der Waals surface area contributed by atoms with E-state index in [9.17, 15) is 14.0 Å². The molecule has 3 amide bonds. The van der Waals surface area contributed by atoms with Crippen molar-refractivity contribution in [1.29, 1.82) is 0 Å². The molecule has 7 heteroatoms. The number of anilines is 2. The number of nitrogens with two attached hydrogens (primary N) is 1. The quantitative estimate of drug-likeness (QED) is 0.756. The van der Waals surface area contributed by atoms with E-state index in [0.717, 1.165) is 30.6 Å². The second-order valence-electron chi connectivity index (χ2n) is 6.67. The number of urea groups is 1. The van der Waals surface area contributed by atoms with Crippen LogP contribution in [-0.4, -0.2) is 25.0 Å². The topological polar surface area (TPSA) is 87.5 Å². The van der Waals surface area contributed by atoms with Crippen LogP contribution >= 0.6 is 0 Å². The number of hydrogen-bond acceptors (Lipinski definition) is 3. The van der Waals surface area contributed by atoms with Crippen LogP contribution in [0.1, 0.15) is 18.4 Å². The number of hydrogen-bond donors (Lipinski definition) is 3. The van der Waals surface area contributed by atoms with Gasteiger partial charge in [0.05, 0.1) is 5.92 Å². The molecule has 1 aliphatic heterocycles. The summed E-state index contributed by atoms with van der Waals surface area (Å²) in [5.41, 5.74) is 7.96. The molecular weight excluding hydrogens is 347 g/mol. The summed E-state index contributed by atoms with van der Waals surface area (Å²) in [7, 11) is 0. The van der Waals surface area contributed by atoms with E-state index in [2.05, 4.69) is 15.5 Å². The summed E-state index contributed by atoms with van der Waals surface area (Å²) < 4.78 is 12.9. The molecular formula is C20H23FN4O2. The van der Waals surface area contributed by atoms with Gasteiger partial charge in [-0.1, -0.05) is 12.1 Å². The lowest BCUT2D eigenvalue weighted by molar-refractivity contribution is -0.122. The first-order valence-corrected chi connectivity index (χ1v) is 8.95. The minimum atomic E-state index is -0.356. The third-order valence-corrected chi connectivity index (χ3v) is 4.68. The molecule has 27 heavy (non-hydrogen) atoms. The van der Waals surface area contributed by atoms with Gasteiger partial charge in [0.15, 0.2) is 0 Å². The first-order chi connectivity index (χ1) is 13.0. The van der Waals surface area contributed by atoms with Crippen LogP contribution in [0.25, 0.3) is 0 Å². The summed E-state index contributed by atoms with van der Waals surface area (Å²) in [6.07, 6.45) is 1.79. The zero-order valence-corrected chi connectivity index (χ0v) is 15.0. The smallest absolute Gasteiger partial charge is 0.319 e. The Balaban J connectivity index is 1.51. The average molecular weight is 370 g/mol. The van der Waals surface area contributed by atoms with Crippen molar-refractivity contribution < 1.29 is 14.0 Å². The SMILES string of the molecule is NC(=O)C1CCCN(c2ccc(CNC(=O)Nc3ccc(F)cc3)cc2)C1. The standard InChI is InChI=1S/C20H23FN4O2/c21-16-5-7-17(8-6-16)24-20(27)23-12-14-3-9-18(10-4-14)25-11-1-2-15(13-25)19(22)26/h3-10,15H,1-2,11-13H2,(H2,22,26)(H2,23,24,27). The molecule has 0 bridgehead atoms. The van der Waals surface area contributed by atoms with Crippen molar-refractivity contribution in [2.45, 2.75) is 19.4 Å². The van der Waals surface area contributed by atoms with Gasteiger partial charge in [0.25, 0.3) is 0 Å². The molecule has 2 aromatic carbocycles. The summed E-state index contributed by atoms with van der Waals surface area (Å²) in [6.45, 7) is 1.92. The molecule has 0 saturated carbocycles. The van der Waals surface area contributed by atoms with Crippen LogP contribution in [0.15, 0.2) is 48.5 Å². The van der Waals surface area contributed by atoms with E-state index in [4.69, 9.17) is 5.73 Å². The van der Waals surface area contributed by atoms with Gasteiger partial charge >= 0.3 is 6.03 Å². The maximum absolute atomic E-state index is 12.9. The number of carbonyl (C=O) groups excluding carboxylic acids is 2. The normalized spacial score (nSPS) is 16.6. The fraction of sp³-hybridized carbons (Fsp3) is 0.300. The van der Waals surface area contributed by atoms with E-state index in [1.165, 1.54) is 24.3 Å². The highest BCUT2D eigenvalue weighted by Gasteiger charge is 2.23. The molecule has 0 radical (unpaired) electrons. The molecule has 0 aliphatic carbocycles. The van der Waals surface area contributed by atoms with Gasteiger partial charge in [0.1, 0.15) is 5.82 Å². The van der Waals surface area contributed by atoms with E-state index in [1.807, 2.05) is 24.3 Å². The largest absolute Gasteiger partial charge is 0.371 e. The number of amides is 3. The highest BCUT2D eigenvalue weighted by Crippen LogP contribution is 2.23. The van der Waals surface area contributed by atoms with Crippen molar-refractivity contribution in [2.75, 3.05) is 23.3 Å². The molecule has 142 valence electrons. The molecule has 2 aromatic rings. The predicted octanol–water partition coefficient (Wildman–Crippen LogP) is 2.85. The van der Waals surface area contributed by atoms with Crippen LogP contribution in [0.4, 0.5) is 20.6 Å². The summed E-state index contributed by atoms with van der Waals surface area (Å²) in [6, 6.07) is 13.1. The number of carbonyl (C=O) groups is 2. The van der Waals surface area contributed by atoms with Gasteiger partial charge in [0.2, 0.25) is 5.91 Å². The molecule has 1 heterocycles. The van der Waals surface area contributed by atoms with Crippen LogP contribution in [0.5, 0.6) is 0 Å². The number of rotatable bonds is 5. The minimum absolute atomic E-state index is 0.102. The Labute approximate surface area is 157 Å².